The molecule has 10 heteroatoms. The monoisotopic (exact) mass is 440 g/mol. The lowest BCUT2D eigenvalue weighted by Crippen LogP contribution is -2.15. The van der Waals surface area contributed by atoms with Gasteiger partial charge in [0.25, 0.3) is 15.9 Å². The van der Waals surface area contributed by atoms with E-state index in [2.05, 4.69) is 20.0 Å². The van der Waals surface area contributed by atoms with Crippen molar-refractivity contribution in [2.45, 2.75) is 4.90 Å². The lowest BCUT2D eigenvalue weighted by molar-refractivity contribution is -0.111. The van der Waals surface area contributed by atoms with Crippen LogP contribution in [0.25, 0.3) is 6.08 Å². The van der Waals surface area contributed by atoms with Crippen molar-refractivity contribution in [3.63, 3.8) is 0 Å². The van der Waals surface area contributed by atoms with E-state index in [-0.39, 0.29) is 22.5 Å². The summed E-state index contributed by atoms with van der Waals surface area (Å²) in [6.07, 6.45) is 5.73. The highest BCUT2D eigenvalue weighted by Gasteiger charge is 2.18. The van der Waals surface area contributed by atoms with E-state index in [0.717, 1.165) is 5.56 Å². The second-order valence-electron chi connectivity index (χ2n) is 6.11. The minimum Gasteiger partial charge on any atom is -0.496 e. The second kappa shape index (κ2) is 9.72. The van der Waals surface area contributed by atoms with Crippen LogP contribution in [0.5, 0.6) is 11.6 Å². The smallest absolute Gasteiger partial charge is 0.263 e. The zero-order valence-electron chi connectivity index (χ0n) is 16.8. The van der Waals surface area contributed by atoms with Crippen LogP contribution < -0.4 is 19.5 Å². The number of nitrogens with zero attached hydrogens (tertiary/aromatic N) is 2. The lowest BCUT2D eigenvalue weighted by Gasteiger charge is -2.10. The molecule has 0 fully saturated rings. The first-order valence-corrected chi connectivity index (χ1v) is 10.5. The molecule has 0 spiro atoms. The van der Waals surface area contributed by atoms with E-state index in [4.69, 9.17) is 9.47 Å². The third-order valence-electron chi connectivity index (χ3n) is 4.07. The number of aromatic nitrogens is 2. The molecule has 160 valence electrons. The molecular formula is C21H20N4O5S. The Hall–Kier alpha value is -3.92. The Bertz CT molecular complexity index is 1190. The summed E-state index contributed by atoms with van der Waals surface area (Å²) < 4.78 is 37.7. The van der Waals surface area contributed by atoms with Gasteiger partial charge in [-0.2, -0.15) is 0 Å². The van der Waals surface area contributed by atoms with Crippen LogP contribution in [0, 0.1) is 0 Å². The van der Waals surface area contributed by atoms with Crippen molar-refractivity contribution >= 4 is 33.5 Å². The summed E-state index contributed by atoms with van der Waals surface area (Å²) >= 11 is 0. The van der Waals surface area contributed by atoms with Crippen LogP contribution in [-0.2, 0) is 14.8 Å². The Kier molecular flexibility index (Phi) is 6.83. The molecule has 1 amide bonds. The molecule has 2 N–H and O–H groups in total. The average Bonchev–Trinajstić information content (AvgIpc) is 2.78. The van der Waals surface area contributed by atoms with E-state index in [1.807, 2.05) is 18.2 Å². The van der Waals surface area contributed by atoms with E-state index < -0.39 is 10.0 Å². The summed E-state index contributed by atoms with van der Waals surface area (Å²) in [6.45, 7) is 0. The fourth-order valence-corrected chi connectivity index (χ4v) is 3.61. The maximum absolute atomic E-state index is 12.6. The zero-order chi connectivity index (χ0) is 22.3. The molecule has 0 radical (unpaired) electrons. The normalized spacial score (nSPS) is 11.2. The predicted octanol–water partition coefficient (Wildman–Crippen LogP) is 2.95. The highest BCUT2D eigenvalue weighted by molar-refractivity contribution is 7.92. The van der Waals surface area contributed by atoms with Gasteiger partial charge >= 0.3 is 0 Å². The molecule has 0 aliphatic heterocycles. The summed E-state index contributed by atoms with van der Waals surface area (Å²) in [5.74, 6) is 0.304. The average molecular weight is 440 g/mol. The molecule has 0 aliphatic rings. The van der Waals surface area contributed by atoms with Crippen molar-refractivity contribution in [1.29, 1.82) is 0 Å². The number of methoxy groups -OCH3 is 2. The van der Waals surface area contributed by atoms with Crippen molar-refractivity contribution in [3.8, 4) is 11.6 Å². The van der Waals surface area contributed by atoms with Crippen molar-refractivity contribution in [2.75, 3.05) is 24.3 Å². The minimum absolute atomic E-state index is 0.0113. The number of carbonyl (C=O) groups is 1. The maximum atomic E-state index is 12.6. The van der Waals surface area contributed by atoms with Crippen molar-refractivity contribution in [3.05, 3.63) is 72.6 Å². The van der Waals surface area contributed by atoms with Gasteiger partial charge in [0.15, 0.2) is 0 Å². The Balaban J connectivity index is 1.68. The summed E-state index contributed by atoms with van der Waals surface area (Å²) in [7, 11) is -1.00. The number of hydrogen-bond donors (Lipinski definition) is 2. The molecule has 3 aromatic rings. The third-order valence-corrected chi connectivity index (χ3v) is 5.43. The van der Waals surface area contributed by atoms with Gasteiger partial charge in [-0.1, -0.05) is 18.2 Å². The topological polar surface area (TPSA) is 120 Å². The second-order valence-corrected chi connectivity index (χ2v) is 7.79. The molecule has 0 atom stereocenters. The van der Waals surface area contributed by atoms with Gasteiger partial charge in [-0.15, -0.1) is 0 Å². The van der Waals surface area contributed by atoms with E-state index in [1.54, 1.807) is 19.3 Å². The molecule has 0 saturated heterocycles. The molecule has 2 aromatic carbocycles. The standard InChI is InChI=1S/C21H20N4O5S/c1-29-18-6-4-3-5-15(18)7-12-19(26)24-16-8-10-17(11-9-16)31(27,28)25-20-21(30-2)23-14-13-22-20/h3-14H,1-2H3,(H,22,25)(H,24,26)/b12-7+. The molecule has 1 heterocycles. The van der Waals surface area contributed by atoms with Gasteiger partial charge in [0.1, 0.15) is 5.75 Å². The minimum atomic E-state index is -3.92. The first kappa shape index (κ1) is 21.8. The van der Waals surface area contributed by atoms with Gasteiger partial charge in [0.2, 0.25) is 11.7 Å². The molecule has 1 aromatic heterocycles. The predicted molar refractivity (Wildman–Crippen MR) is 116 cm³/mol. The number of amides is 1. The van der Waals surface area contributed by atoms with Crippen LogP contribution in [0.2, 0.25) is 0 Å². The van der Waals surface area contributed by atoms with Gasteiger partial charge in [0, 0.05) is 29.7 Å². The van der Waals surface area contributed by atoms with Gasteiger partial charge in [-0.3, -0.25) is 9.52 Å². The van der Waals surface area contributed by atoms with E-state index in [0.29, 0.717) is 11.4 Å². The van der Waals surface area contributed by atoms with Crippen LogP contribution in [0.3, 0.4) is 0 Å². The first-order chi connectivity index (χ1) is 14.9. The number of ether oxygens (including phenoxy) is 2. The SMILES string of the molecule is COc1ccccc1/C=C/C(=O)Nc1ccc(S(=O)(=O)Nc2nccnc2OC)cc1. The number of rotatable bonds is 8. The molecule has 9 nitrogen and oxygen atoms in total. The van der Waals surface area contributed by atoms with Crippen LogP contribution in [0.1, 0.15) is 5.56 Å². The molecule has 0 bridgehead atoms. The van der Waals surface area contributed by atoms with Crippen LogP contribution in [-0.4, -0.2) is 38.5 Å². The lowest BCUT2D eigenvalue weighted by atomic mass is 10.2. The number of para-hydroxylation sites is 1. The highest BCUT2D eigenvalue weighted by Crippen LogP contribution is 2.22. The van der Waals surface area contributed by atoms with Gasteiger partial charge in [-0.05, 0) is 36.4 Å². The molecule has 0 unspecified atom stereocenters. The van der Waals surface area contributed by atoms with E-state index in [1.165, 1.54) is 49.8 Å². The molecule has 3 rings (SSSR count). The van der Waals surface area contributed by atoms with Crippen molar-refractivity contribution in [2.24, 2.45) is 0 Å². The van der Waals surface area contributed by atoms with Gasteiger partial charge in [-0.25, -0.2) is 18.4 Å². The fraction of sp³-hybridized carbons (Fsp3) is 0.0952. The maximum Gasteiger partial charge on any atom is 0.263 e. The Morgan fingerprint density at radius 3 is 2.39 bits per heavy atom. The van der Waals surface area contributed by atoms with Crippen LogP contribution in [0.4, 0.5) is 11.5 Å². The zero-order valence-corrected chi connectivity index (χ0v) is 17.6. The van der Waals surface area contributed by atoms with Crippen LogP contribution in [0.15, 0.2) is 71.9 Å². The molecular weight excluding hydrogens is 420 g/mol. The van der Waals surface area contributed by atoms with Gasteiger partial charge < -0.3 is 14.8 Å². The summed E-state index contributed by atoms with van der Waals surface area (Å²) in [6, 6.07) is 13.0. The molecule has 31 heavy (non-hydrogen) atoms. The summed E-state index contributed by atoms with van der Waals surface area (Å²) in [4.78, 5) is 20.0. The van der Waals surface area contributed by atoms with Gasteiger partial charge in [0.05, 0.1) is 19.1 Å². The number of carbonyl (C=O) groups excluding carboxylic acids is 1. The summed E-state index contributed by atoms with van der Waals surface area (Å²) in [5.41, 5.74) is 1.19. The molecule has 0 saturated carbocycles. The quantitative estimate of drug-likeness (QED) is 0.517. The molecule has 0 aliphatic carbocycles. The highest BCUT2D eigenvalue weighted by atomic mass is 32.2. The van der Waals surface area contributed by atoms with Crippen LogP contribution >= 0.6 is 0 Å². The fourth-order valence-electron chi connectivity index (χ4n) is 2.60. The van der Waals surface area contributed by atoms with E-state index in [9.17, 15) is 13.2 Å². The summed E-state index contributed by atoms with van der Waals surface area (Å²) in [5, 5.41) is 2.67. The number of benzene rings is 2. The van der Waals surface area contributed by atoms with E-state index >= 15 is 0 Å². The Morgan fingerprint density at radius 2 is 1.68 bits per heavy atom. The number of sulfonamides is 1. The Morgan fingerprint density at radius 1 is 0.968 bits per heavy atom. The van der Waals surface area contributed by atoms with Crippen molar-refractivity contribution < 1.29 is 22.7 Å². The largest absolute Gasteiger partial charge is 0.496 e. The number of nitrogens with one attached hydrogen (secondary N) is 2. The Labute approximate surface area is 179 Å². The number of anilines is 2. The van der Waals surface area contributed by atoms with Crippen molar-refractivity contribution in [1.82, 2.24) is 9.97 Å². The number of hydrogen-bond acceptors (Lipinski definition) is 7. The third kappa shape index (κ3) is 5.58. The first-order valence-electron chi connectivity index (χ1n) is 9.03.